The molecule has 0 aliphatic rings. The average Bonchev–Trinajstić information content (AvgIpc) is 2.85. The number of aromatic nitrogens is 1. The molecule has 0 fully saturated rings. The zero-order chi connectivity index (χ0) is 25.7. The molecule has 4 aromatic rings. The first-order chi connectivity index (χ1) is 17.3. The van der Waals surface area contributed by atoms with Gasteiger partial charge in [-0.05, 0) is 77.2 Å². The Bertz CT molecular complexity index is 1220. The summed E-state index contributed by atoms with van der Waals surface area (Å²) in [5.74, 6) is -2.93. The van der Waals surface area contributed by atoms with Crippen LogP contribution in [0.5, 0.6) is 0 Å². The number of hydrogen-bond acceptors (Lipinski definition) is 4. The lowest BCUT2D eigenvalue weighted by molar-refractivity contribution is 0.0686. The van der Waals surface area contributed by atoms with Crippen molar-refractivity contribution in [2.75, 3.05) is 0 Å². The fourth-order valence-corrected chi connectivity index (χ4v) is 3.95. The van der Waals surface area contributed by atoms with Crippen molar-refractivity contribution in [3.8, 4) is 0 Å². The Morgan fingerprint density at radius 3 is 1.08 bits per heavy atom. The molecule has 1 aromatic heterocycles. The highest BCUT2D eigenvalue weighted by Gasteiger charge is 2.10. The average molecular weight is 482 g/mol. The smallest absolute Gasteiger partial charge is 0.335 e. The van der Waals surface area contributed by atoms with E-state index in [1.54, 1.807) is 72.8 Å². The van der Waals surface area contributed by atoms with Crippen molar-refractivity contribution in [1.82, 2.24) is 4.98 Å². The van der Waals surface area contributed by atoms with Gasteiger partial charge in [-0.25, -0.2) is 14.4 Å². The zero-order valence-electron chi connectivity index (χ0n) is 19.2. The summed E-state index contributed by atoms with van der Waals surface area (Å²) in [4.78, 5) is 38.3. The molecule has 0 amide bonds. The van der Waals surface area contributed by atoms with Crippen LogP contribution in [0.15, 0.2) is 84.9 Å². The largest absolute Gasteiger partial charge is 0.478 e. The third-order valence-corrected chi connectivity index (χ3v) is 5.77. The molecule has 3 aromatic carbocycles. The van der Waals surface area contributed by atoms with Crippen LogP contribution in [0.1, 0.15) is 64.7 Å². The van der Waals surface area contributed by atoms with Gasteiger partial charge < -0.3 is 15.3 Å². The van der Waals surface area contributed by atoms with Crippen LogP contribution in [0.25, 0.3) is 0 Å². The fourth-order valence-electron chi connectivity index (χ4n) is 3.95. The van der Waals surface area contributed by atoms with Gasteiger partial charge in [-0.15, -0.1) is 0 Å². The van der Waals surface area contributed by atoms with Crippen LogP contribution in [0, 0.1) is 0 Å². The molecule has 0 spiro atoms. The van der Waals surface area contributed by atoms with Crippen molar-refractivity contribution in [1.29, 1.82) is 0 Å². The number of pyridine rings is 1. The minimum Gasteiger partial charge on any atom is -0.478 e. The minimum absolute atomic E-state index is 0.218. The van der Waals surface area contributed by atoms with Crippen LogP contribution in [0.2, 0.25) is 0 Å². The molecule has 4 rings (SSSR count). The molecule has 3 N–H and O–H groups in total. The third kappa shape index (κ3) is 6.21. The minimum atomic E-state index is -0.980. The zero-order valence-corrected chi connectivity index (χ0v) is 19.2. The number of benzene rings is 3. The quantitative estimate of drug-likeness (QED) is 0.309. The van der Waals surface area contributed by atoms with Gasteiger partial charge in [-0.2, -0.15) is 0 Å². The van der Waals surface area contributed by atoms with Gasteiger partial charge in [0.15, 0.2) is 0 Å². The van der Waals surface area contributed by atoms with Crippen molar-refractivity contribution >= 4 is 17.9 Å². The Balaban J connectivity index is 1.62. The van der Waals surface area contributed by atoms with Gasteiger partial charge in [0.2, 0.25) is 0 Å². The predicted octanol–water partition coefficient (Wildman–Crippen LogP) is 4.95. The van der Waals surface area contributed by atoms with E-state index >= 15 is 0 Å². The summed E-state index contributed by atoms with van der Waals surface area (Å²) < 4.78 is 0. The van der Waals surface area contributed by atoms with E-state index in [0.717, 1.165) is 33.6 Å². The molecule has 0 atom stereocenters. The molecule has 0 aliphatic carbocycles. The summed E-state index contributed by atoms with van der Waals surface area (Å²) in [6.45, 7) is 0. The van der Waals surface area contributed by atoms with Crippen LogP contribution in [0.4, 0.5) is 0 Å². The molecular weight excluding hydrogens is 458 g/mol. The van der Waals surface area contributed by atoms with Gasteiger partial charge in [0.05, 0.1) is 16.7 Å². The van der Waals surface area contributed by atoms with Crippen molar-refractivity contribution in [3.05, 3.63) is 135 Å². The lowest BCUT2D eigenvalue weighted by atomic mass is 9.99. The SMILES string of the molecule is O=C(O)c1ccc(Cc2cc(Cc3ccc(C(=O)O)cc3)nc(Cc3ccc(C(=O)O)cc3)c2)cc1. The summed E-state index contributed by atoms with van der Waals surface area (Å²) in [7, 11) is 0. The fraction of sp³-hybridized carbons (Fsp3) is 0.103. The Hall–Kier alpha value is -4.78. The molecule has 0 radical (unpaired) electrons. The number of aromatic carboxylic acids is 3. The Labute approximate surface area is 207 Å². The molecule has 36 heavy (non-hydrogen) atoms. The van der Waals surface area contributed by atoms with E-state index in [1.807, 2.05) is 12.1 Å². The van der Waals surface area contributed by atoms with E-state index in [4.69, 9.17) is 20.3 Å². The monoisotopic (exact) mass is 481 g/mol. The van der Waals surface area contributed by atoms with Crippen molar-refractivity contribution in [2.24, 2.45) is 0 Å². The molecule has 0 bridgehead atoms. The third-order valence-electron chi connectivity index (χ3n) is 5.77. The van der Waals surface area contributed by atoms with E-state index in [1.165, 1.54) is 0 Å². The maximum atomic E-state index is 11.2. The second-order valence-corrected chi connectivity index (χ2v) is 8.49. The number of carboxylic acids is 3. The molecule has 0 unspecified atom stereocenters. The molecular formula is C29H23NO6. The van der Waals surface area contributed by atoms with Gasteiger partial charge >= 0.3 is 17.9 Å². The van der Waals surface area contributed by atoms with Crippen LogP contribution in [0.3, 0.4) is 0 Å². The topological polar surface area (TPSA) is 125 Å². The first-order valence-corrected chi connectivity index (χ1v) is 11.2. The molecule has 7 nitrogen and oxygen atoms in total. The molecule has 1 heterocycles. The van der Waals surface area contributed by atoms with Crippen LogP contribution in [-0.2, 0) is 19.3 Å². The maximum Gasteiger partial charge on any atom is 0.335 e. The van der Waals surface area contributed by atoms with Crippen LogP contribution in [-0.4, -0.2) is 38.2 Å². The molecule has 0 aliphatic heterocycles. The highest BCUT2D eigenvalue weighted by molar-refractivity contribution is 5.88. The number of carboxylic acid groups (broad SMARTS) is 3. The Morgan fingerprint density at radius 1 is 0.472 bits per heavy atom. The molecule has 180 valence electrons. The van der Waals surface area contributed by atoms with E-state index in [2.05, 4.69) is 0 Å². The van der Waals surface area contributed by atoms with E-state index in [9.17, 15) is 14.4 Å². The summed E-state index contributed by atoms with van der Waals surface area (Å²) in [6.07, 6.45) is 1.60. The van der Waals surface area contributed by atoms with Crippen molar-refractivity contribution in [3.63, 3.8) is 0 Å². The van der Waals surface area contributed by atoms with E-state index < -0.39 is 17.9 Å². The van der Waals surface area contributed by atoms with Gasteiger partial charge in [-0.1, -0.05) is 36.4 Å². The van der Waals surface area contributed by atoms with Crippen molar-refractivity contribution < 1.29 is 29.7 Å². The predicted molar refractivity (Wildman–Crippen MR) is 133 cm³/mol. The lowest BCUT2D eigenvalue weighted by Crippen LogP contribution is -2.03. The molecule has 0 saturated heterocycles. The first kappa shape index (κ1) is 24.3. The van der Waals surface area contributed by atoms with Gasteiger partial charge in [0, 0.05) is 24.2 Å². The van der Waals surface area contributed by atoms with Gasteiger partial charge in [-0.3, -0.25) is 4.98 Å². The summed E-state index contributed by atoms with van der Waals surface area (Å²) in [5, 5.41) is 27.4. The second-order valence-electron chi connectivity index (χ2n) is 8.49. The first-order valence-electron chi connectivity index (χ1n) is 11.2. The number of carbonyl (C=O) groups is 3. The number of nitrogens with zero attached hydrogens (tertiary/aromatic N) is 1. The molecule has 0 saturated carbocycles. The van der Waals surface area contributed by atoms with E-state index in [-0.39, 0.29) is 16.7 Å². The van der Waals surface area contributed by atoms with Crippen molar-refractivity contribution in [2.45, 2.75) is 19.3 Å². The lowest BCUT2D eigenvalue weighted by Gasteiger charge is -2.11. The normalized spacial score (nSPS) is 10.7. The summed E-state index contributed by atoms with van der Waals surface area (Å²) >= 11 is 0. The Kier molecular flexibility index (Phi) is 7.20. The highest BCUT2D eigenvalue weighted by atomic mass is 16.4. The molecule has 7 heteroatoms. The van der Waals surface area contributed by atoms with Crippen LogP contribution < -0.4 is 0 Å². The summed E-state index contributed by atoms with van der Waals surface area (Å²) in [6, 6.07) is 24.1. The van der Waals surface area contributed by atoms with Gasteiger partial charge in [0.25, 0.3) is 0 Å². The number of rotatable bonds is 9. The van der Waals surface area contributed by atoms with Gasteiger partial charge in [0.1, 0.15) is 0 Å². The second kappa shape index (κ2) is 10.7. The summed E-state index contributed by atoms with van der Waals surface area (Å²) in [5.41, 5.74) is 6.10. The highest BCUT2D eigenvalue weighted by Crippen LogP contribution is 2.19. The van der Waals surface area contributed by atoms with E-state index in [0.29, 0.717) is 19.3 Å². The Morgan fingerprint density at radius 2 is 0.778 bits per heavy atom. The number of hydrogen-bond donors (Lipinski definition) is 3. The maximum absolute atomic E-state index is 11.2. The van der Waals surface area contributed by atoms with Crippen LogP contribution >= 0.6 is 0 Å². The standard InChI is InChI=1S/C29H23NO6/c31-27(32)22-7-1-18(2-8-22)13-21-16-25(14-19-3-9-23(10-4-19)28(33)34)30-26(17-21)15-20-5-11-24(12-6-20)29(35)36/h1-12,16-17H,13-15H2,(H,31,32)(H,33,34)(H,35,36).